The van der Waals surface area contributed by atoms with Crippen molar-refractivity contribution in [1.82, 2.24) is 9.80 Å². The molecule has 3 saturated heterocycles. The zero-order valence-corrected chi connectivity index (χ0v) is 16.1. The fourth-order valence-electron chi connectivity index (χ4n) is 5.24. The Bertz CT molecular complexity index is 536. The average molecular weight is 358 g/mol. The Balaban J connectivity index is 1.27. The summed E-state index contributed by atoms with van der Waals surface area (Å²) >= 11 is 0. The Labute approximate surface area is 158 Å². The topological polar surface area (TPSA) is 30.0 Å². The van der Waals surface area contributed by atoms with Gasteiger partial charge in [-0.05, 0) is 76.2 Å². The minimum atomic E-state index is 0.380. The fourth-order valence-corrected chi connectivity index (χ4v) is 5.24. The third kappa shape index (κ3) is 4.24. The monoisotopic (exact) mass is 357 g/mol. The van der Waals surface area contributed by atoms with Crippen molar-refractivity contribution in [3.63, 3.8) is 0 Å². The smallest absolute Gasteiger partial charge is 0.0460 e. The highest BCUT2D eigenvalue weighted by molar-refractivity contribution is 5.46. The molecular formula is C22H35N3O. The van der Waals surface area contributed by atoms with Gasteiger partial charge in [-0.25, -0.2) is 0 Å². The fraction of sp³-hybridized carbons (Fsp3) is 0.727. The summed E-state index contributed by atoms with van der Waals surface area (Å²) in [5.41, 5.74) is 1.38. The molecule has 0 amide bonds. The van der Waals surface area contributed by atoms with Crippen LogP contribution in [0.25, 0.3) is 0 Å². The molecule has 4 nitrogen and oxygen atoms in total. The summed E-state index contributed by atoms with van der Waals surface area (Å²) in [6, 6.07) is 12.4. The van der Waals surface area contributed by atoms with E-state index in [2.05, 4.69) is 45.0 Å². The normalized spacial score (nSPS) is 27.7. The lowest BCUT2D eigenvalue weighted by Crippen LogP contribution is -2.54. The molecule has 0 spiro atoms. The molecule has 4 rings (SSSR count). The van der Waals surface area contributed by atoms with E-state index in [1.807, 2.05) is 0 Å². The first-order chi connectivity index (χ1) is 12.8. The summed E-state index contributed by atoms with van der Waals surface area (Å²) in [6.07, 6.45) is 7.68. The molecule has 3 aliphatic heterocycles. The van der Waals surface area contributed by atoms with Crippen LogP contribution in [0, 0.1) is 5.92 Å². The maximum absolute atomic E-state index is 9.37. The number of piperidine rings is 3. The standard InChI is InChI=1S/C22H35N3O/c26-18-19-8-13-24(14-9-19)22-7-4-12-25(17-22)21-10-15-23(16-11-21)20-5-2-1-3-6-20/h1-3,5-6,19,21-22,26H,4,7-18H2. The highest BCUT2D eigenvalue weighted by Crippen LogP contribution is 2.27. The third-order valence-electron chi connectivity index (χ3n) is 6.95. The van der Waals surface area contributed by atoms with Crippen molar-refractivity contribution in [2.24, 2.45) is 5.92 Å². The average Bonchev–Trinajstić information content (AvgIpc) is 2.75. The molecular weight excluding hydrogens is 322 g/mol. The number of rotatable bonds is 4. The second kappa shape index (κ2) is 8.73. The van der Waals surface area contributed by atoms with Gasteiger partial charge >= 0.3 is 0 Å². The van der Waals surface area contributed by atoms with Crippen LogP contribution in [0.2, 0.25) is 0 Å². The SMILES string of the molecule is OCC1CCN(C2CCCN(C3CCN(c4ccccc4)CC3)C2)CC1. The third-order valence-corrected chi connectivity index (χ3v) is 6.95. The number of aliphatic hydroxyl groups is 1. The molecule has 26 heavy (non-hydrogen) atoms. The molecule has 0 aromatic heterocycles. The molecule has 1 unspecified atom stereocenters. The van der Waals surface area contributed by atoms with Gasteiger partial charge in [0.1, 0.15) is 0 Å². The molecule has 0 radical (unpaired) electrons. The van der Waals surface area contributed by atoms with Crippen LogP contribution in [0.1, 0.15) is 38.5 Å². The number of aliphatic hydroxyl groups excluding tert-OH is 1. The van der Waals surface area contributed by atoms with E-state index in [0.717, 1.165) is 12.1 Å². The van der Waals surface area contributed by atoms with Crippen molar-refractivity contribution >= 4 is 5.69 Å². The van der Waals surface area contributed by atoms with Gasteiger partial charge in [0.15, 0.2) is 0 Å². The van der Waals surface area contributed by atoms with Gasteiger partial charge < -0.3 is 10.0 Å². The summed E-state index contributed by atoms with van der Waals surface area (Å²) in [5.74, 6) is 0.549. The lowest BCUT2D eigenvalue weighted by molar-refractivity contribution is 0.0368. The number of para-hydroxylation sites is 1. The second-order valence-electron chi connectivity index (χ2n) is 8.51. The molecule has 3 aliphatic rings. The summed E-state index contributed by atoms with van der Waals surface area (Å²) < 4.78 is 0. The number of hydrogen-bond donors (Lipinski definition) is 1. The van der Waals surface area contributed by atoms with Crippen LogP contribution in [0.5, 0.6) is 0 Å². The lowest BCUT2D eigenvalue weighted by Gasteiger charge is -2.46. The molecule has 0 aliphatic carbocycles. The maximum atomic E-state index is 9.37. The molecule has 1 atom stereocenters. The van der Waals surface area contributed by atoms with Gasteiger partial charge in [0.25, 0.3) is 0 Å². The maximum Gasteiger partial charge on any atom is 0.0460 e. The molecule has 0 bridgehead atoms. The first-order valence-electron chi connectivity index (χ1n) is 10.7. The van der Waals surface area contributed by atoms with E-state index in [9.17, 15) is 5.11 Å². The number of likely N-dealkylation sites (tertiary alicyclic amines) is 2. The van der Waals surface area contributed by atoms with Crippen LogP contribution in [-0.4, -0.2) is 72.9 Å². The van der Waals surface area contributed by atoms with Gasteiger partial charge in [-0.15, -0.1) is 0 Å². The molecule has 144 valence electrons. The van der Waals surface area contributed by atoms with E-state index >= 15 is 0 Å². The summed E-state index contributed by atoms with van der Waals surface area (Å²) in [4.78, 5) is 8.07. The molecule has 3 fully saturated rings. The van der Waals surface area contributed by atoms with Crippen molar-refractivity contribution in [2.75, 3.05) is 50.8 Å². The predicted molar refractivity (Wildman–Crippen MR) is 108 cm³/mol. The Hall–Kier alpha value is -1.10. The van der Waals surface area contributed by atoms with Crippen LogP contribution < -0.4 is 4.90 Å². The van der Waals surface area contributed by atoms with Gasteiger partial charge in [0.2, 0.25) is 0 Å². The quantitative estimate of drug-likeness (QED) is 0.897. The Morgan fingerprint density at radius 2 is 1.50 bits per heavy atom. The van der Waals surface area contributed by atoms with Gasteiger partial charge in [0.05, 0.1) is 0 Å². The van der Waals surface area contributed by atoms with Gasteiger partial charge in [-0.3, -0.25) is 9.80 Å². The number of nitrogens with zero attached hydrogens (tertiary/aromatic N) is 3. The van der Waals surface area contributed by atoms with Crippen molar-refractivity contribution < 1.29 is 5.11 Å². The van der Waals surface area contributed by atoms with Crippen molar-refractivity contribution in [2.45, 2.75) is 50.6 Å². The summed E-state index contributed by atoms with van der Waals surface area (Å²) in [5, 5.41) is 9.37. The zero-order chi connectivity index (χ0) is 17.8. The number of benzene rings is 1. The largest absolute Gasteiger partial charge is 0.396 e. The van der Waals surface area contributed by atoms with Gasteiger partial charge in [-0.1, -0.05) is 18.2 Å². The second-order valence-corrected chi connectivity index (χ2v) is 8.51. The predicted octanol–water partition coefficient (Wildman–Crippen LogP) is 2.82. The van der Waals surface area contributed by atoms with E-state index in [0.29, 0.717) is 12.5 Å². The van der Waals surface area contributed by atoms with Gasteiger partial charge in [0, 0.05) is 44.0 Å². The molecule has 1 N–H and O–H groups in total. The van der Waals surface area contributed by atoms with Gasteiger partial charge in [-0.2, -0.15) is 0 Å². The molecule has 4 heteroatoms. The Morgan fingerprint density at radius 3 is 2.19 bits per heavy atom. The Morgan fingerprint density at radius 1 is 0.769 bits per heavy atom. The molecule has 1 aromatic rings. The van der Waals surface area contributed by atoms with Crippen molar-refractivity contribution in [3.05, 3.63) is 30.3 Å². The first-order valence-corrected chi connectivity index (χ1v) is 10.7. The highest BCUT2D eigenvalue weighted by Gasteiger charge is 2.32. The van der Waals surface area contributed by atoms with Crippen molar-refractivity contribution in [3.8, 4) is 0 Å². The first kappa shape index (κ1) is 18.3. The summed E-state index contributed by atoms with van der Waals surface area (Å²) in [7, 11) is 0. The molecule has 0 saturated carbocycles. The van der Waals surface area contributed by atoms with E-state index in [1.54, 1.807) is 0 Å². The molecule has 1 aromatic carbocycles. The molecule has 3 heterocycles. The zero-order valence-electron chi connectivity index (χ0n) is 16.1. The number of hydrogen-bond acceptors (Lipinski definition) is 4. The van der Waals surface area contributed by atoms with Crippen molar-refractivity contribution in [1.29, 1.82) is 0 Å². The number of anilines is 1. The van der Waals surface area contributed by atoms with E-state index in [1.165, 1.54) is 83.5 Å². The van der Waals surface area contributed by atoms with Crippen LogP contribution in [0.3, 0.4) is 0 Å². The minimum Gasteiger partial charge on any atom is -0.396 e. The van der Waals surface area contributed by atoms with Crippen LogP contribution in [-0.2, 0) is 0 Å². The Kier molecular flexibility index (Phi) is 6.13. The van der Waals surface area contributed by atoms with Crippen LogP contribution >= 0.6 is 0 Å². The lowest BCUT2D eigenvalue weighted by atomic mass is 9.93. The van der Waals surface area contributed by atoms with E-state index < -0.39 is 0 Å². The van der Waals surface area contributed by atoms with Crippen LogP contribution in [0.15, 0.2) is 30.3 Å². The highest BCUT2D eigenvalue weighted by atomic mass is 16.3. The van der Waals surface area contributed by atoms with E-state index in [-0.39, 0.29) is 0 Å². The summed E-state index contributed by atoms with van der Waals surface area (Å²) in [6.45, 7) is 7.70. The van der Waals surface area contributed by atoms with Crippen LogP contribution in [0.4, 0.5) is 5.69 Å². The van der Waals surface area contributed by atoms with E-state index in [4.69, 9.17) is 0 Å². The minimum absolute atomic E-state index is 0.380.